The third kappa shape index (κ3) is 4.84. The normalized spacial score (nSPS) is 39.1. The minimum Gasteiger partial charge on any atom is -0.394 e. The first kappa shape index (κ1) is 21.8. The summed E-state index contributed by atoms with van der Waals surface area (Å²) in [4.78, 5) is 0. The molecule has 5 N–H and O–H groups in total. The van der Waals surface area contributed by atoms with Gasteiger partial charge in [0.1, 0.15) is 24.4 Å². The molecule has 0 spiro atoms. The van der Waals surface area contributed by atoms with E-state index in [-0.39, 0.29) is 17.6 Å². The Morgan fingerprint density at radius 2 is 1.81 bits per heavy atom. The summed E-state index contributed by atoms with van der Waals surface area (Å²) in [5.41, 5.74) is 2.48. The molecule has 0 bridgehead atoms. The van der Waals surface area contributed by atoms with Crippen molar-refractivity contribution in [3.63, 3.8) is 0 Å². The number of aliphatic hydroxyl groups excluding tert-OH is 5. The van der Waals surface area contributed by atoms with Gasteiger partial charge < -0.3 is 35.0 Å². The largest absolute Gasteiger partial charge is 0.394 e. The van der Waals surface area contributed by atoms with Crippen molar-refractivity contribution in [2.24, 2.45) is 5.41 Å². The SMILES string of the molecule is CC1=C(CC[C@@H](C)O[C@H]2O[C@@H](CO)[C@H](O)[C@@H](O)[C@@H]2O)C(C)(C)C[C@H](O)C1. The summed E-state index contributed by atoms with van der Waals surface area (Å²) in [5.74, 6) is 0. The molecule has 2 rings (SSSR count). The molecule has 0 unspecified atom stereocenters. The number of hydrogen-bond donors (Lipinski definition) is 5. The van der Waals surface area contributed by atoms with Crippen molar-refractivity contribution in [1.29, 1.82) is 0 Å². The van der Waals surface area contributed by atoms with Gasteiger partial charge in [-0.3, -0.25) is 0 Å². The summed E-state index contributed by atoms with van der Waals surface area (Å²) in [6.07, 6.45) is -3.86. The van der Waals surface area contributed by atoms with Gasteiger partial charge in [0.05, 0.1) is 18.8 Å². The van der Waals surface area contributed by atoms with Crippen LogP contribution in [0.25, 0.3) is 0 Å². The summed E-state index contributed by atoms with van der Waals surface area (Å²) in [5, 5.41) is 48.9. The molecule has 1 aliphatic carbocycles. The average molecular weight is 374 g/mol. The van der Waals surface area contributed by atoms with Crippen LogP contribution in [0.15, 0.2) is 11.1 Å². The van der Waals surface area contributed by atoms with Crippen molar-refractivity contribution in [2.75, 3.05) is 6.61 Å². The van der Waals surface area contributed by atoms with Crippen LogP contribution >= 0.6 is 0 Å². The second-order valence-electron chi connectivity index (χ2n) is 8.39. The molecule has 1 heterocycles. The highest BCUT2D eigenvalue weighted by Gasteiger charge is 2.44. The zero-order valence-corrected chi connectivity index (χ0v) is 16.1. The molecular weight excluding hydrogens is 340 g/mol. The number of ether oxygens (including phenoxy) is 2. The Morgan fingerprint density at radius 3 is 2.38 bits per heavy atom. The molecule has 0 aromatic rings. The van der Waals surface area contributed by atoms with Gasteiger partial charge in [0.15, 0.2) is 6.29 Å². The third-order valence-corrected chi connectivity index (χ3v) is 5.64. The highest BCUT2D eigenvalue weighted by molar-refractivity contribution is 5.24. The van der Waals surface area contributed by atoms with E-state index in [1.165, 1.54) is 11.1 Å². The first-order valence-corrected chi connectivity index (χ1v) is 9.40. The lowest BCUT2D eigenvalue weighted by molar-refractivity contribution is -0.310. The van der Waals surface area contributed by atoms with Crippen molar-refractivity contribution >= 4 is 0 Å². The van der Waals surface area contributed by atoms with Crippen molar-refractivity contribution < 1.29 is 35.0 Å². The van der Waals surface area contributed by atoms with E-state index in [4.69, 9.17) is 9.47 Å². The van der Waals surface area contributed by atoms with Crippen LogP contribution in [0.4, 0.5) is 0 Å². The smallest absolute Gasteiger partial charge is 0.186 e. The highest BCUT2D eigenvalue weighted by atomic mass is 16.7. The standard InChI is InChI=1S/C19H34O7/c1-10-7-12(21)8-19(3,4)13(10)6-5-11(2)25-18-17(24)16(23)15(22)14(9-20)26-18/h11-12,14-18,20-24H,5-9H2,1-4H3/t11-,12-,14+,15+,16-,17+,18+/m1/s1. The summed E-state index contributed by atoms with van der Waals surface area (Å²) >= 11 is 0. The molecule has 7 heteroatoms. The Kier molecular flexibility index (Phi) is 7.23. The van der Waals surface area contributed by atoms with Gasteiger partial charge >= 0.3 is 0 Å². The predicted molar refractivity (Wildman–Crippen MR) is 95.3 cm³/mol. The van der Waals surface area contributed by atoms with E-state index in [1.807, 2.05) is 6.92 Å². The third-order valence-electron chi connectivity index (χ3n) is 5.64. The van der Waals surface area contributed by atoms with E-state index in [9.17, 15) is 25.5 Å². The van der Waals surface area contributed by atoms with Gasteiger partial charge in [-0.25, -0.2) is 0 Å². The van der Waals surface area contributed by atoms with Gasteiger partial charge in [0.25, 0.3) is 0 Å². The maximum atomic E-state index is 10.1. The zero-order valence-electron chi connectivity index (χ0n) is 16.1. The molecule has 152 valence electrons. The van der Waals surface area contributed by atoms with Gasteiger partial charge in [0.2, 0.25) is 0 Å². The van der Waals surface area contributed by atoms with Crippen molar-refractivity contribution in [2.45, 2.75) is 96.3 Å². The molecule has 0 saturated carbocycles. The Bertz CT molecular complexity index is 502. The number of rotatable bonds is 6. The summed E-state index contributed by atoms with van der Waals surface area (Å²) in [6.45, 7) is 7.72. The lowest BCUT2D eigenvalue weighted by atomic mass is 9.70. The van der Waals surface area contributed by atoms with Crippen LogP contribution in [0.3, 0.4) is 0 Å². The Balaban J connectivity index is 1.94. The van der Waals surface area contributed by atoms with Gasteiger partial charge in [-0.05, 0) is 44.9 Å². The monoisotopic (exact) mass is 374 g/mol. The molecule has 26 heavy (non-hydrogen) atoms. The van der Waals surface area contributed by atoms with E-state index in [0.29, 0.717) is 12.8 Å². The first-order valence-electron chi connectivity index (χ1n) is 9.40. The zero-order chi connectivity index (χ0) is 19.6. The maximum Gasteiger partial charge on any atom is 0.186 e. The van der Waals surface area contributed by atoms with Crippen LogP contribution in [0.5, 0.6) is 0 Å². The fourth-order valence-electron chi connectivity index (χ4n) is 4.21. The van der Waals surface area contributed by atoms with E-state index in [2.05, 4.69) is 20.8 Å². The fourth-order valence-corrected chi connectivity index (χ4v) is 4.21. The molecule has 0 amide bonds. The molecule has 1 aliphatic heterocycles. The lowest BCUT2D eigenvalue weighted by Gasteiger charge is -2.41. The van der Waals surface area contributed by atoms with E-state index in [1.54, 1.807) is 0 Å². The van der Waals surface area contributed by atoms with Crippen LogP contribution in [-0.4, -0.2) is 75.1 Å². The second-order valence-corrected chi connectivity index (χ2v) is 8.39. The molecule has 0 aromatic carbocycles. The molecule has 7 atom stereocenters. The first-order chi connectivity index (χ1) is 12.1. The summed E-state index contributed by atoms with van der Waals surface area (Å²) in [6, 6.07) is 0. The summed E-state index contributed by atoms with van der Waals surface area (Å²) in [7, 11) is 0. The number of hydrogen-bond acceptors (Lipinski definition) is 7. The van der Waals surface area contributed by atoms with Crippen LogP contribution < -0.4 is 0 Å². The Morgan fingerprint density at radius 1 is 1.15 bits per heavy atom. The van der Waals surface area contributed by atoms with E-state index < -0.39 is 37.3 Å². The summed E-state index contributed by atoms with van der Waals surface area (Å²) < 4.78 is 11.1. The van der Waals surface area contributed by atoms with Crippen molar-refractivity contribution in [1.82, 2.24) is 0 Å². The van der Waals surface area contributed by atoms with Crippen LogP contribution in [-0.2, 0) is 9.47 Å². The van der Waals surface area contributed by atoms with Crippen molar-refractivity contribution in [3.8, 4) is 0 Å². The van der Waals surface area contributed by atoms with Gasteiger partial charge in [-0.1, -0.05) is 25.0 Å². The molecule has 1 saturated heterocycles. The molecule has 7 nitrogen and oxygen atoms in total. The second kappa shape index (κ2) is 8.65. The molecule has 0 radical (unpaired) electrons. The minimum absolute atomic E-state index is 0.0649. The van der Waals surface area contributed by atoms with Crippen molar-refractivity contribution in [3.05, 3.63) is 11.1 Å². The predicted octanol–water partition coefficient (Wildman–Crippen LogP) is 0.469. The van der Waals surface area contributed by atoms with Crippen LogP contribution in [0.1, 0.15) is 53.4 Å². The van der Waals surface area contributed by atoms with Gasteiger partial charge in [0, 0.05) is 0 Å². The Labute approximate surface area is 155 Å². The lowest BCUT2D eigenvalue weighted by Crippen LogP contribution is -2.59. The van der Waals surface area contributed by atoms with E-state index in [0.717, 1.165) is 12.8 Å². The quantitative estimate of drug-likeness (QED) is 0.429. The Hall–Kier alpha value is -0.540. The number of aliphatic hydroxyl groups is 5. The van der Waals surface area contributed by atoms with Crippen LogP contribution in [0, 0.1) is 5.41 Å². The topological polar surface area (TPSA) is 120 Å². The maximum absolute atomic E-state index is 10.1. The average Bonchev–Trinajstić information content (AvgIpc) is 2.53. The fraction of sp³-hybridized carbons (Fsp3) is 0.895. The molecular formula is C19H34O7. The molecule has 2 aliphatic rings. The molecule has 0 aromatic heterocycles. The van der Waals surface area contributed by atoms with Gasteiger partial charge in [-0.2, -0.15) is 0 Å². The molecule has 1 fully saturated rings. The highest BCUT2D eigenvalue weighted by Crippen LogP contribution is 2.42. The van der Waals surface area contributed by atoms with Crippen LogP contribution in [0.2, 0.25) is 0 Å². The van der Waals surface area contributed by atoms with E-state index >= 15 is 0 Å². The van der Waals surface area contributed by atoms with Gasteiger partial charge in [-0.15, -0.1) is 0 Å². The number of allylic oxidation sites excluding steroid dienone is 1. The minimum atomic E-state index is -1.43.